The van der Waals surface area contributed by atoms with Gasteiger partial charge in [0.05, 0.1) is 7.11 Å². The van der Waals surface area contributed by atoms with Gasteiger partial charge in [0.1, 0.15) is 11.5 Å². The molecule has 0 heterocycles. The lowest BCUT2D eigenvalue weighted by atomic mass is 10.1. The number of benzene rings is 2. The molecular weight excluding hydrogens is 266 g/mol. The fourth-order valence-corrected chi connectivity index (χ4v) is 1.98. The molecule has 2 aromatic carbocycles. The van der Waals surface area contributed by atoms with Crippen molar-refractivity contribution in [1.29, 1.82) is 0 Å². The van der Waals surface area contributed by atoms with Gasteiger partial charge in [-0.25, -0.2) is 0 Å². The van der Waals surface area contributed by atoms with Gasteiger partial charge < -0.3 is 14.8 Å². The second kappa shape index (κ2) is 7.33. The number of rotatable bonds is 6. The van der Waals surface area contributed by atoms with E-state index in [0.29, 0.717) is 11.4 Å². The molecule has 0 aliphatic rings. The number of anilines is 1. The molecule has 21 heavy (non-hydrogen) atoms. The molecule has 4 nitrogen and oxygen atoms in total. The van der Waals surface area contributed by atoms with Crippen molar-refractivity contribution in [1.82, 2.24) is 0 Å². The number of carbonyl (C=O) groups excluding carboxylic acids is 1. The summed E-state index contributed by atoms with van der Waals surface area (Å²) in [5, 5.41) is 2.78. The van der Waals surface area contributed by atoms with Gasteiger partial charge in [0, 0.05) is 11.8 Å². The van der Waals surface area contributed by atoms with E-state index in [1.807, 2.05) is 36.4 Å². The summed E-state index contributed by atoms with van der Waals surface area (Å²) in [5.41, 5.74) is 1.78. The van der Waals surface area contributed by atoms with Crippen molar-refractivity contribution in [2.45, 2.75) is 13.3 Å². The van der Waals surface area contributed by atoms with Crippen LogP contribution in [0.15, 0.2) is 48.5 Å². The highest BCUT2D eigenvalue weighted by Crippen LogP contribution is 2.19. The van der Waals surface area contributed by atoms with Crippen LogP contribution >= 0.6 is 0 Å². The van der Waals surface area contributed by atoms with Crippen LogP contribution in [0.4, 0.5) is 5.69 Å². The lowest BCUT2D eigenvalue weighted by Crippen LogP contribution is -2.20. The van der Waals surface area contributed by atoms with E-state index >= 15 is 0 Å². The predicted molar refractivity (Wildman–Crippen MR) is 82.9 cm³/mol. The first kappa shape index (κ1) is 14.9. The van der Waals surface area contributed by atoms with Crippen LogP contribution in [0.3, 0.4) is 0 Å². The third-order valence-electron chi connectivity index (χ3n) is 3.07. The summed E-state index contributed by atoms with van der Waals surface area (Å²) in [6, 6.07) is 14.9. The molecule has 1 N–H and O–H groups in total. The molecule has 0 aromatic heterocycles. The number of ether oxygens (including phenoxy) is 2. The molecule has 4 heteroatoms. The minimum absolute atomic E-state index is 0.0196. The van der Waals surface area contributed by atoms with Crippen LogP contribution in [0, 0.1) is 0 Å². The zero-order chi connectivity index (χ0) is 15.1. The van der Waals surface area contributed by atoms with Crippen molar-refractivity contribution in [2.24, 2.45) is 0 Å². The Morgan fingerprint density at radius 2 is 1.95 bits per heavy atom. The first-order chi connectivity index (χ1) is 10.2. The van der Waals surface area contributed by atoms with Gasteiger partial charge in [-0.2, -0.15) is 0 Å². The van der Waals surface area contributed by atoms with E-state index in [1.165, 1.54) is 0 Å². The van der Waals surface area contributed by atoms with E-state index in [4.69, 9.17) is 9.47 Å². The molecule has 0 bridgehead atoms. The van der Waals surface area contributed by atoms with E-state index in [9.17, 15) is 4.79 Å². The number of amides is 1. The van der Waals surface area contributed by atoms with Gasteiger partial charge in [0.25, 0.3) is 5.91 Å². The molecule has 0 saturated carbocycles. The van der Waals surface area contributed by atoms with Gasteiger partial charge in [0.2, 0.25) is 0 Å². The van der Waals surface area contributed by atoms with E-state index in [1.54, 1.807) is 19.2 Å². The molecule has 0 fully saturated rings. The SMILES string of the molecule is CCc1ccccc1OCC(=O)Nc1cccc(OC)c1. The van der Waals surface area contributed by atoms with E-state index in [0.717, 1.165) is 17.7 Å². The predicted octanol–water partition coefficient (Wildman–Crippen LogP) is 3.28. The minimum atomic E-state index is -0.200. The number of carbonyl (C=O) groups is 1. The minimum Gasteiger partial charge on any atom is -0.497 e. The maximum atomic E-state index is 11.9. The molecule has 1 amide bonds. The highest BCUT2D eigenvalue weighted by molar-refractivity contribution is 5.92. The zero-order valence-electron chi connectivity index (χ0n) is 12.3. The molecule has 0 saturated heterocycles. The summed E-state index contributed by atoms with van der Waals surface area (Å²) in [5.74, 6) is 1.25. The Bertz CT molecular complexity index is 610. The second-order valence-corrected chi connectivity index (χ2v) is 4.53. The Morgan fingerprint density at radius 3 is 2.71 bits per heavy atom. The van der Waals surface area contributed by atoms with Crippen LogP contribution in [0.1, 0.15) is 12.5 Å². The van der Waals surface area contributed by atoms with Gasteiger partial charge in [-0.1, -0.05) is 31.2 Å². The normalized spacial score (nSPS) is 10.0. The van der Waals surface area contributed by atoms with Crippen LogP contribution in [-0.2, 0) is 11.2 Å². The van der Waals surface area contributed by atoms with Crippen molar-refractivity contribution in [2.75, 3.05) is 19.0 Å². The highest BCUT2D eigenvalue weighted by atomic mass is 16.5. The summed E-state index contributed by atoms with van der Waals surface area (Å²) in [6.07, 6.45) is 0.869. The highest BCUT2D eigenvalue weighted by Gasteiger charge is 2.06. The number of methoxy groups -OCH3 is 1. The molecule has 110 valence electrons. The Labute approximate surface area is 124 Å². The third-order valence-corrected chi connectivity index (χ3v) is 3.07. The lowest BCUT2D eigenvalue weighted by molar-refractivity contribution is -0.118. The molecule has 0 aliphatic heterocycles. The first-order valence-corrected chi connectivity index (χ1v) is 6.87. The molecule has 2 aromatic rings. The Hall–Kier alpha value is -2.49. The van der Waals surface area contributed by atoms with Crippen LogP contribution in [0.2, 0.25) is 0 Å². The van der Waals surface area contributed by atoms with Gasteiger partial charge in [-0.15, -0.1) is 0 Å². The summed E-state index contributed by atoms with van der Waals surface area (Å²) < 4.78 is 10.7. The second-order valence-electron chi connectivity index (χ2n) is 4.53. The average molecular weight is 285 g/mol. The number of hydrogen-bond donors (Lipinski definition) is 1. The molecule has 0 spiro atoms. The largest absolute Gasteiger partial charge is 0.497 e. The zero-order valence-corrected chi connectivity index (χ0v) is 12.3. The Morgan fingerprint density at radius 1 is 1.14 bits per heavy atom. The van der Waals surface area contributed by atoms with Gasteiger partial charge in [-0.3, -0.25) is 4.79 Å². The number of nitrogens with one attached hydrogen (secondary N) is 1. The number of hydrogen-bond acceptors (Lipinski definition) is 3. The van der Waals surface area contributed by atoms with Crippen LogP contribution < -0.4 is 14.8 Å². The molecule has 0 radical (unpaired) electrons. The average Bonchev–Trinajstić information content (AvgIpc) is 2.53. The molecular formula is C17H19NO3. The Balaban J connectivity index is 1.92. The summed E-state index contributed by atoms with van der Waals surface area (Å²) in [4.78, 5) is 11.9. The van der Waals surface area contributed by atoms with Crippen molar-refractivity contribution in [3.63, 3.8) is 0 Å². The molecule has 0 aliphatic carbocycles. The van der Waals surface area contributed by atoms with Crippen molar-refractivity contribution in [3.8, 4) is 11.5 Å². The molecule has 2 rings (SSSR count). The van der Waals surface area contributed by atoms with Crippen molar-refractivity contribution >= 4 is 11.6 Å². The van der Waals surface area contributed by atoms with Crippen LogP contribution in [-0.4, -0.2) is 19.6 Å². The monoisotopic (exact) mass is 285 g/mol. The Kier molecular flexibility index (Phi) is 5.21. The first-order valence-electron chi connectivity index (χ1n) is 6.87. The van der Waals surface area contributed by atoms with Gasteiger partial charge in [0.15, 0.2) is 6.61 Å². The number of para-hydroxylation sites is 1. The van der Waals surface area contributed by atoms with Gasteiger partial charge in [-0.05, 0) is 30.2 Å². The third kappa shape index (κ3) is 4.24. The van der Waals surface area contributed by atoms with Crippen LogP contribution in [0.5, 0.6) is 11.5 Å². The maximum absolute atomic E-state index is 11.9. The van der Waals surface area contributed by atoms with E-state index in [-0.39, 0.29) is 12.5 Å². The van der Waals surface area contributed by atoms with Crippen molar-refractivity contribution in [3.05, 3.63) is 54.1 Å². The topological polar surface area (TPSA) is 47.6 Å². The van der Waals surface area contributed by atoms with Gasteiger partial charge >= 0.3 is 0 Å². The summed E-state index contributed by atoms with van der Waals surface area (Å²) >= 11 is 0. The van der Waals surface area contributed by atoms with E-state index in [2.05, 4.69) is 12.2 Å². The maximum Gasteiger partial charge on any atom is 0.262 e. The quantitative estimate of drug-likeness (QED) is 0.886. The van der Waals surface area contributed by atoms with Crippen molar-refractivity contribution < 1.29 is 14.3 Å². The fraction of sp³-hybridized carbons (Fsp3) is 0.235. The molecule has 0 unspecified atom stereocenters. The summed E-state index contributed by atoms with van der Waals surface area (Å²) in [6.45, 7) is 2.03. The standard InChI is InChI=1S/C17H19NO3/c1-3-13-7-4-5-10-16(13)21-12-17(19)18-14-8-6-9-15(11-14)20-2/h4-11H,3,12H2,1-2H3,(H,18,19). The number of aryl methyl sites for hydroxylation is 1. The lowest BCUT2D eigenvalue weighted by Gasteiger charge is -2.11. The summed E-state index contributed by atoms with van der Waals surface area (Å²) in [7, 11) is 1.59. The van der Waals surface area contributed by atoms with E-state index < -0.39 is 0 Å². The molecule has 0 atom stereocenters. The van der Waals surface area contributed by atoms with Crippen LogP contribution in [0.25, 0.3) is 0 Å². The fourth-order valence-electron chi connectivity index (χ4n) is 1.98. The smallest absolute Gasteiger partial charge is 0.262 e.